The van der Waals surface area contributed by atoms with E-state index in [9.17, 15) is 0 Å². The zero-order valence-electron chi connectivity index (χ0n) is 16.4. The Kier molecular flexibility index (Phi) is 4.13. The van der Waals surface area contributed by atoms with Gasteiger partial charge in [-0.15, -0.1) is 11.3 Å². The molecular weight excluding hydrogens is 386 g/mol. The molecule has 0 aliphatic carbocycles. The van der Waals surface area contributed by atoms with Crippen molar-refractivity contribution in [2.24, 2.45) is 0 Å². The normalized spacial score (nSPS) is 15.6. The molecule has 146 valence electrons. The fourth-order valence-corrected chi connectivity index (χ4v) is 4.63. The summed E-state index contributed by atoms with van der Waals surface area (Å²) in [4.78, 5) is 14.0. The smallest absolute Gasteiger partial charge is 0.232 e. The molecule has 5 rings (SSSR count). The summed E-state index contributed by atoms with van der Waals surface area (Å²) in [6, 6.07) is 5.98. The quantitative estimate of drug-likeness (QED) is 0.476. The maximum atomic E-state index is 6.00. The minimum atomic E-state index is 0.0326. The lowest BCUT2D eigenvalue weighted by Crippen LogP contribution is -2.25. The van der Waals surface area contributed by atoms with Crippen LogP contribution in [0.3, 0.4) is 0 Å². The van der Waals surface area contributed by atoms with Gasteiger partial charge in [0.15, 0.2) is 11.5 Å². The predicted octanol–water partition coefficient (Wildman–Crippen LogP) is 5.03. The van der Waals surface area contributed by atoms with Crippen molar-refractivity contribution in [3.63, 3.8) is 0 Å². The van der Waals surface area contributed by atoms with E-state index < -0.39 is 0 Å². The Morgan fingerprint density at radius 2 is 2.10 bits per heavy atom. The van der Waals surface area contributed by atoms with E-state index in [2.05, 4.69) is 16.5 Å². The van der Waals surface area contributed by atoms with Crippen molar-refractivity contribution in [3.05, 3.63) is 42.1 Å². The Balaban J connectivity index is 1.77. The molecule has 29 heavy (non-hydrogen) atoms. The second-order valence-corrected chi connectivity index (χ2v) is 8.01. The van der Waals surface area contributed by atoms with Crippen LogP contribution in [0.15, 0.2) is 31.0 Å². The van der Waals surface area contributed by atoms with Crippen molar-refractivity contribution < 1.29 is 14.2 Å². The van der Waals surface area contributed by atoms with Gasteiger partial charge in [-0.25, -0.2) is 15.0 Å². The van der Waals surface area contributed by atoms with Gasteiger partial charge in [0.2, 0.25) is 5.88 Å². The van der Waals surface area contributed by atoms with Crippen LogP contribution in [0.1, 0.15) is 18.1 Å². The SMILES string of the molecule is C=Cc1cc(-c2nc3c(C)cc4c(c3s2)OCC(C)O4)c2ncc(OC)nc2c1. The van der Waals surface area contributed by atoms with Crippen molar-refractivity contribution in [2.45, 2.75) is 20.0 Å². The maximum absolute atomic E-state index is 6.00. The first kappa shape index (κ1) is 17.9. The first-order chi connectivity index (χ1) is 14.1. The molecule has 0 saturated carbocycles. The number of aryl methyl sites for hydroxylation is 1. The van der Waals surface area contributed by atoms with Crippen LogP contribution < -0.4 is 14.2 Å². The Labute approximate surface area is 171 Å². The summed E-state index contributed by atoms with van der Waals surface area (Å²) in [5.74, 6) is 2.01. The number of hydrogen-bond donors (Lipinski definition) is 0. The molecule has 0 radical (unpaired) electrons. The van der Waals surface area contributed by atoms with Gasteiger partial charge in [0.1, 0.15) is 22.4 Å². The van der Waals surface area contributed by atoms with Gasteiger partial charge in [-0.05, 0) is 43.2 Å². The third-order valence-electron chi connectivity index (χ3n) is 4.89. The Morgan fingerprint density at radius 1 is 1.24 bits per heavy atom. The largest absolute Gasteiger partial charge is 0.484 e. The third-order valence-corrected chi connectivity index (χ3v) is 5.98. The first-order valence-electron chi connectivity index (χ1n) is 9.28. The molecule has 1 aliphatic heterocycles. The monoisotopic (exact) mass is 405 g/mol. The van der Waals surface area contributed by atoms with Crippen LogP contribution in [-0.4, -0.2) is 34.8 Å². The van der Waals surface area contributed by atoms with E-state index in [1.54, 1.807) is 30.7 Å². The van der Waals surface area contributed by atoms with E-state index in [4.69, 9.17) is 19.2 Å². The number of aromatic nitrogens is 3. The van der Waals surface area contributed by atoms with Crippen molar-refractivity contribution in [3.8, 4) is 28.0 Å². The summed E-state index contributed by atoms with van der Waals surface area (Å²) in [5.41, 5.74) is 5.33. The number of rotatable bonds is 3. The van der Waals surface area contributed by atoms with Crippen LogP contribution in [0.4, 0.5) is 0 Å². The minimum absolute atomic E-state index is 0.0326. The average Bonchev–Trinajstić information content (AvgIpc) is 3.18. The summed E-state index contributed by atoms with van der Waals surface area (Å²) in [5, 5.41) is 0.854. The lowest BCUT2D eigenvalue weighted by molar-refractivity contribution is 0.106. The molecule has 1 aliphatic rings. The van der Waals surface area contributed by atoms with Gasteiger partial charge < -0.3 is 14.2 Å². The Morgan fingerprint density at radius 3 is 2.90 bits per heavy atom. The van der Waals surface area contributed by atoms with E-state index >= 15 is 0 Å². The molecule has 3 heterocycles. The third kappa shape index (κ3) is 2.89. The molecule has 0 fully saturated rings. The predicted molar refractivity (Wildman–Crippen MR) is 115 cm³/mol. The molecule has 2 aromatic carbocycles. The Bertz CT molecular complexity index is 1280. The summed E-state index contributed by atoms with van der Waals surface area (Å²) >= 11 is 1.57. The highest BCUT2D eigenvalue weighted by molar-refractivity contribution is 7.22. The topological polar surface area (TPSA) is 66.4 Å². The van der Waals surface area contributed by atoms with Gasteiger partial charge in [0.25, 0.3) is 0 Å². The van der Waals surface area contributed by atoms with Crippen molar-refractivity contribution in [1.29, 1.82) is 0 Å². The highest BCUT2D eigenvalue weighted by Crippen LogP contribution is 2.46. The number of hydrogen-bond acceptors (Lipinski definition) is 7. The summed E-state index contributed by atoms with van der Waals surface area (Å²) in [7, 11) is 1.58. The van der Waals surface area contributed by atoms with E-state index in [1.807, 2.05) is 32.0 Å². The molecule has 1 unspecified atom stereocenters. The lowest BCUT2D eigenvalue weighted by atomic mass is 10.1. The summed E-state index contributed by atoms with van der Waals surface area (Å²) in [6.07, 6.45) is 3.45. The lowest BCUT2D eigenvalue weighted by Gasteiger charge is -2.24. The van der Waals surface area contributed by atoms with Gasteiger partial charge in [-0.2, -0.15) is 0 Å². The van der Waals surface area contributed by atoms with E-state index in [0.717, 1.165) is 54.4 Å². The van der Waals surface area contributed by atoms with Crippen LogP contribution in [0, 0.1) is 6.92 Å². The fourth-order valence-electron chi connectivity index (χ4n) is 3.48. The van der Waals surface area contributed by atoms with Gasteiger partial charge >= 0.3 is 0 Å². The average molecular weight is 405 g/mol. The molecule has 0 amide bonds. The van der Waals surface area contributed by atoms with E-state index in [-0.39, 0.29) is 6.10 Å². The minimum Gasteiger partial charge on any atom is -0.484 e. The molecule has 4 aromatic rings. The molecule has 7 heteroatoms. The van der Waals surface area contributed by atoms with Crippen LogP contribution in [0.25, 0.3) is 37.9 Å². The maximum Gasteiger partial charge on any atom is 0.232 e. The molecular formula is C22H19N3O3S. The van der Waals surface area contributed by atoms with E-state index in [0.29, 0.717) is 12.5 Å². The standard InChI is InChI=1S/C22H19N3O3S/c1-5-13-7-14(19-15(8-13)24-17(26-4)9-23-19)22-25-18-11(2)6-16-20(21(18)29-22)27-10-12(3)28-16/h5-9,12H,1,10H2,2-4H3. The second kappa shape index (κ2) is 6.70. The second-order valence-electron chi connectivity index (χ2n) is 7.01. The number of thiazole rings is 1. The Hall–Kier alpha value is -3.19. The molecule has 0 N–H and O–H groups in total. The van der Waals surface area contributed by atoms with Crippen LogP contribution >= 0.6 is 11.3 Å². The molecule has 0 saturated heterocycles. The number of fused-ring (bicyclic) bond motifs is 4. The molecule has 6 nitrogen and oxygen atoms in total. The first-order valence-corrected chi connectivity index (χ1v) is 10.1. The van der Waals surface area contributed by atoms with Crippen LogP contribution in [0.2, 0.25) is 0 Å². The van der Waals surface area contributed by atoms with Crippen molar-refractivity contribution in [1.82, 2.24) is 15.0 Å². The fraction of sp³-hybridized carbons (Fsp3) is 0.227. The molecule has 2 aromatic heterocycles. The molecule has 1 atom stereocenters. The highest BCUT2D eigenvalue weighted by Gasteiger charge is 2.24. The number of benzene rings is 2. The van der Waals surface area contributed by atoms with Gasteiger partial charge in [0.05, 0.1) is 29.9 Å². The zero-order chi connectivity index (χ0) is 20.1. The van der Waals surface area contributed by atoms with Crippen molar-refractivity contribution >= 4 is 38.7 Å². The van der Waals surface area contributed by atoms with Gasteiger partial charge in [-0.3, -0.25) is 0 Å². The zero-order valence-corrected chi connectivity index (χ0v) is 17.2. The molecule has 0 spiro atoms. The highest BCUT2D eigenvalue weighted by atomic mass is 32.1. The summed E-state index contributed by atoms with van der Waals surface area (Å²) < 4.78 is 18.2. The van der Waals surface area contributed by atoms with Crippen LogP contribution in [0.5, 0.6) is 17.4 Å². The summed E-state index contributed by atoms with van der Waals surface area (Å²) in [6.45, 7) is 8.47. The van der Waals surface area contributed by atoms with Gasteiger partial charge in [0, 0.05) is 5.56 Å². The molecule has 0 bridgehead atoms. The van der Waals surface area contributed by atoms with E-state index in [1.165, 1.54) is 0 Å². The van der Waals surface area contributed by atoms with Gasteiger partial charge in [-0.1, -0.05) is 12.7 Å². The van der Waals surface area contributed by atoms with Crippen LogP contribution in [-0.2, 0) is 0 Å². The number of ether oxygens (including phenoxy) is 3. The number of nitrogens with zero attached hydrogens (tertiary/aromatic N) is 3. The number of methoxy groups -OCH3 is 1. The van der Waals surface area contributed by atoms with Crippen molar-refractivity contribution in [2.75, 3.05) is 13.7 Å².